The van der Waals surface area contributed by atoms with Gasteiger partial charge in [-0.25, -0.2) is 0 Å². The molecule has 2 atom stereocenters. The van der Waals surface area contributed by atoms with Crippen molar-refractivity contribution in [2.24, 2.45) is 11.7 Å². The molecular weight excluding hydrogens is 176 g/mol. The lowest BCUT2D eigenvalue weighted by atomic mass is 9.94. The molecule has 1 aromatic heterocycles. The van der Waals surface area contributed by atoms with Gasteiger partial charge in [-0.05, 0) is 24.5 Å². The van der Waals surface area contributed by atoms with E-state index in [4.69, 9.17) is 10.5 Å². The molecule has 1 fully saturated rings. The van der Waals surface area contributed by atoms with E-state index in [1.54, 1.807) is 0 Å². The molecule has 0 aromatic carbocycles. The van der Waals surface area contributed by atoms with E-state index in [0.717, 1.165) is 30.8 Å². The van der Waals surface area contributed by atoms with Crippen LogP contribution in [0.4, 0.5) is 0 Å². The van der Waals surface area contributed by atoms with E-state index < -0.39 is 0 Å². The van der Waals surface area contributed by atoms with Crippen LogP contribution >= 0.6 is 0 Å². The Hall–Kier alpha value is -0.930. The second-order valence-electron chi connectivity index (χ2n) is 3.95. The highest BCUT2D eigenvalue weighted by atomic mass is 16.5. The van der Waals surface area contributed by atoms with E-state index in [1.165, 1.54) is 0 Å². The van der Waals surface area contributed by atoms with E-state index in [9.17, 15) is 0 Å². The van der Waals surface area contributed by atoms with Gasteiger partial charge in [-0.1, -0.05) is 6.07 Å². The van der Waals surface area contributed by atoms with Crippen molar-refractivity contribution in [3.63, 3.8) is 0 Å². The summed E-state index contributed by atoms with van der Waals surface area (Å²) in [6.45, 7) is 3.67. The molecule has 14 heavy (non-hydrogen) atoms. The highest BCUT2D eigenvalue weighted by molar-refractivity contribution is 5.20. The molecule has 1 saturated heterocycles. The Morgan fingerprint density at radius 3 is 3.07 bits per heavy atom. The summed E-state index contributed by atoms with van der Waals surface area (Å²) in [5.41, 5.74) is 8.44. The van der Waals surface area contributed by atoms with Crippen molar-refractivity contribution < 1.29 is 4.74 Å². The first-order valence-electron chi connectivity index (χ1n) is 5.02. The summed E-state index contributed by atoms with van der Waals surface area (Å²) in [6, 6.07) is 2.18. The number of hydrogen-bond acceptors (Lipinski definition) is 3. The van der Waals surface area contributed by atoms with E-state index in [1.807, 2.05) is 19.3 Å². The fraction of sp³-hybridized carbons (Fsp3) is 0.545. The molecule has 1 aliphatic heterocycles. The van der Waals surface area contributed by atoms with Crippen LogP contribution in [0.5, 0.6) is 0 Å². The molecule has 0 bridgehead atoms. The summed E-state index contributed by atoms with van der Waals surface area (Å²) in [6.07, 6.45) is 4.77. The number of ether oxygens (including phenoxy) is 1. The van der Waals surface area contributed by atoms with E-state index in [-0.39, 0.29) is 6.04 Å². The van der Waals surface area contributed by atoms with Crippen molar-refractivity contribution in [3.05, 3.63) is 29.6 Å². The van der Waals surface area contributed by atoms with Crippen molar-refractivity contribution in [1.82, 2.24) is 4.98 Å². The molecule has 2 unspecified atom stereocenters. The molecule has 76 valence electrons. The van der Waals surface area contributed by atoms with Crippen molar-refractivity contribution in [2.75, 3.05) is 13.2 Å². The highest BCUT2D eigenvalue weighted by Crippen LogP contribution is 2.26. The van der Waals surface area contributed by atoms with Crippen molar-refractivity contribution in [3.8, 4) is 0 Å². The second-order valence-corrected chi connectivity index (χ2v) is 3.95. The number of rotatable bonds is 2. The molecule has 0 amide bonds. The first-order chi connectivity index (χ1) is 6.77. The van der Waals surface area contributed by atoms with Gasteiger partial charge in [-0.3, -0.25) is 4.98 Å². The van der Waals surface area contributed by atoms with Crippen LogP contribution in [0.3, 0.4) is 0 Å². The van der Waals surface area contributed by atoms with Crippen LogP contribution in [-0.2, 0) is 4.74 Å². The predicted octanol–water partition coefficient (Wildman–Crippen LogP) is 1.43. The van der Waals surface area contributed by atoms with Gasteiger partial charge in [0.05, 0.1) is 6.61 Å². The lowest BCUT2D eigenvalue weighted by molar-refractivity contribution is 0.181. The third-order valence-corrected chi connectivity index (χ3v) is 2.75. The summed E-state index contributed by atoms with van der Waals surface area (Å²) in [7, 11) is 0. The maximum absolute atomic E-state index is 6.15. The minimum Gasteiger partial charge on any atom is -0.381 e. The molecule has 0 saturated carbocycles. The second kappa shape index (κ2) is 4.07. The molecule has 0 aliphatic carbocycles. The van der Waals surface area contributed by atoms with Crippen LogP contribution in [0.25, 0.3) is 0 Å². The van der Waals surface area contributed by atoms with Crippen molar-refractivity contribution in [2.45, 2.75) is 19.4 Å². The average molecular weight is 192 g/mol. The van der Waals surface area contributed by atoms with Gasteiger partial charge >= 0.3 is 0 Å². The maximum Gasteiger partial charge on any atom is 0.0513 e. The van der Waals surface area contributed by atoms with Crippen LogP contribution in [0, 0.1) is 12.8 Å². The third kappa shape index (κ3) is 1.94. The predicted molar refractivity (Wildman–Crippen MR) is 54.8 cm³/mol. The monoisotopic (exact) mass is 192 g/mol. The molecule has 1 aromatic rings. The van der Waals surface area contributed by atoms with E-state index in [2.05, 4.69) is 11.1 Å². The molecule has 3 heteroatoms. The van der Waals surface area contributed by atoms with Gasteiger partial charge in [0.1, 0.15) is 0 Å². The lowest BCUT2D eigenvalue weighted by Gasteiger charge is -2.17. The van der Waals surface area contributed by atoms with E-state index >= 15 is 0 Å². The zero-order valence-corrected chi connectivity index (χ0v) is 8.44. The first-order valence-corrected chi connectivity index (χ1v) is 5.02. The van der Waals surface area contributed by atoms with Gasteiger partial charge in [-0.2, -0.15) is 0 Å². The lowest BCUT2D eigenvalue weighted by Crippen LogP contribution is -2.21. The zero-order valence-electron chi connectivity index (χ0n) is 8.44. The SMILES string of the molecule is Cc1cncc(C(N)C2CCOC2)c1. The normalized spacial score (nSPS) is 23.7. The number of aryl methyl sites for hydroxylation is 1. The zero-order chi connectivity index (χ0) is 9.97. The third-order valence-electron chi connectivity index (χ3n) is 2.75. The number of aromatic nitrogens is 1. The van der Waals surface area contributed by atoms with Gasteiger partial charge in [0.15, 0.2) is 0 Å². The molecule has 3 nitrogen and oxygen atoms in total. The molecule has 0 spiro atoms. The summed E-state index contributed by atoms with van der Waals surface area (Å²) in [5.74, 6) is 0.457. The smallest absolute Gasteiger partial charge is 0.0513 e. The van der Waals surface area contributed by atoms with Crippen LogP contribution < -0.4 is 5.73 Å². The molecule has 2 heterocycles. The van der Waals surface area contributed by atoms with Crippen molar-refractivity contribution >= 4 is 0 Å². The standard InChI is InChI=1S/C11H16N2O/c1-8-4-10(6-13-5-8)11(12)9-2-3-14-7-9/h4-6,9,11H,2-3,7,12H2,1H3. The summed E-state index contributed by atoms with van der Waals surface area (Å²) in [4.78, 5) is 4.16. The molecule has 2 N–H and O–H groups in total. The van der Waals surface area contributed by atoms with Crippen molar-refractivity contribution in [1.29, 1.82) is 0 Å². The van der Waals surface area contributed by atoms with Crippen LogP contribution in [0.2, 0.25) is 0 Å². The summed E-state index contributed by atoms with van der Waals surface area (Å²) in [5, 5.41) is 0. The molecule has 2 rings (SSSR count). The number of hydrogen-bond donors (Lipinski definition) is 1. The molecular formula is C11H16N2O. The van der Waals surface area contributed by atoms with Crippen LogP contribution in [-0.4, -0.2) is 18.2 Å². The Kier molecular flexibility index (Phi) is 2.79. The topological polar surface area (TPSA) is 48.1 Å². The van der Waals surface area contributed by atoms with E-state index in [0.29, 0.717) is 5.92 Å². The Balaban J connectivity index is 2.13. The van der Waals surface area contributed by atoms with Gasteiger partial charge < -0.3 is 10.5 Å². The first kappa shape index (κ1) is 9.62. The van der Waals surface area contributed by atoms with Gasteiger partial charge in [0, 0.05) is 31.0 Å². The molecule has 1 aliphatic rings. The maximum atomic E-state index is 6.15. The fourth-order valence-corrected chi connectivity index (χ4v) is 1.87. The minimum atomic E-state index is 0.0740. The Labute approximate surface area is 84.3 Å². The quantitative estimate of drug-likeness (QED) is 0.771. The number of pyridine rings is 1. The summed E-state index contributed by atoms with van der Waals surface area (Å²) >= 11 is 0. The van der Waals surface area contributed by atoms with Gasteiger partial charge in [0.25, 0.3) is 0 Å². The largest absolute Gasteiger partial charge is 0.381 e. The highest BCUT2D eigenvalue weighted by Gasteiger charge is 2.24. The summed E-state index contributed by atoms with van der Waals surface area (Å²) < 4.78 is 5.33. The fourth-order valence-electron chi connectivity index (χ4n) is 1.87. The number of nitrogens with zero attached hydrogens (tertiary/aromatic N) is 1. The minimum absolute atomic E-state index is 0.0740. The Morgan fingerprint density at radius 1 is 1.57 bits per heavy atom. The van der Waals surface area contributed by atoms with Crippen LogP contribution in [0.15, 0.2) is 18.5 Å². The number of nitrogens with two attached hydrogens (primary N) is 1. The van der Waals surface area contributed by atoms with Gasteiger partial charge in [0.2, 0.25) is 0 Å². The van der Waals surface area contributed by atoms with Gasteiger partial charge in [-0.15, -0.1) is 0 Å². The Morgan fingerprint density at radius 2 is 2.43 bits per heavy atom. The average Bonchev–Trinajstić information content (AvgIpc) is 2.69. The Bertz CT molecular complexity index is 308. The molecule has 0 radical (unpaired) electrons. The van der Waals surface area contributed by atoms with Crippen LogP contribution in [0.1, 0.15) is 23.6 Å².